The molecule has 3 aromatic rings. The van der Waals surface area contributed by atoms with Crippen LogP contribution in [0.1, 0.15) is 5.56 Å². The fourth-order valence-electron chi connectivity index (χ4n) is 2.49. The number of amides is 1. The van der Waals surface area contributed by atoms with Gasteiger partial charge in [0.2, 0.25) is 0 Å². The van der Waals surface area contributed by atoms with Gasteiger partial charge in [-0.1, -0.05) is 41.9 Å². The summed E-state index contributed by atoms with van der Waals surface area (Å²) in [5.74, 6) is -0.0721. The van der Waals surface area contributed by atoms with Gasteiger partial charge in [-0.25, -0.2) is 5.43 Å². The number of hydrogen-bond donors (Lipinski definition) is 1. The van der Waals surface area contributed by atoms with Crippen LogP contribution in [0.5, 0.6) is 11.5 Å². The van der Waals surface area contributed by atoms with Crippen LogP contribution in [0.2, 0.25) is 5.02 Å². The summed E-state index contributed by atoms with van der Waals surface area (Å²) in [5.41, 5.74) is 2.63. The molecular weight excluding hydrogens is 390 g/mol. The first kappa shape index (κ1) is 19.6. The van der Waals surface area contributed by atoms with Gasteiger partial charge in [-0.2, -0.15) is 13.9 Å². The number of rotatable bonds is 7. The lowest BCUT2D eigenvalue weighted by atomic mass is 10.0. The Balaban J connectivity index is 1.69. The molecule has 0 aromatic heterocycles. The molecule has 0 radical (unpaired) electrons. The maximum atomic E-state index is 12.7. The molecular formula is C20H15ClF2N2O3. The molecule has 0 aliphatic carbocycles. The van der Waals surface area contributed by atoms with Crippen LogP contribution < -0.4 is 14.9 Å². The first-order valence-electron chi connectivity index (χ1n) is 8.20. The van der Waals surface area contributed by atoms with Crippen LogP contribution >= 0.6 is 11.6 Å². The first-order chi connectivity index (χ1) is 13.5. The van der Waals surface area contributed by atoms with Crippen molar-refractivity contribution in [3.8, 4) is 11.5 Å². The Morgan fingerprint density at radius 2 is 1.86 bits per heavy atom. The van der Waals surface area contributed by atoms with E-state index in [1.54, 1.807) is 42.5 Å². The molecule has 0 fully saturated rings. The summed E-state index contributed by atoms with van der Waals surface area (Å²) in [6.45, 7) is -3.25. The molecule has 0 spiro atoms. The molecule has 8 heteroatoms. The van der Waals surface area contributed by atoms with Crippen molar-refractivity contribution in [3.63, 3.8) is 0 Å². The Hall–Kier alpha value is -3.19. The second-order valence-electron chi connectivity index (χ2n) is 5.61. The summed E-state index contributed by atoms with van der Waals surface area (Å²) < 4.78 is 35.2. The number of carbonyl (C=O) groups excluding carboxylic acids is 1. The van der Waals surface area contributed by atoms with E-state index in [9.17, 15) is 13.6 Å². The summed E-state index contributed by atoms with van der Waals surface area (Å²) in [5, 5.41) is 5.87. The lowest BCUT2D eigenvalue weighted by Gasteiger charge is -2.10. The normalized spacial score (nSPS) is 11.1. The fourth-order valence-corrected chi connectivity index (χ4v) is 2.61. The monoisotopic (exact) mass is 404 g/mol. The van der Waals surface area contributed by atoms with Gasteiger partial charge in [0.05, 0.1) is 6.21 Å². The number of hydrogen-bond acceptors (Lipinski definition) is 4. The molecule has 0 saturated heterocycles. The maximum Gasteiger partial charge on any atom is 0.387 e. The average Bonchev–Trinajstić information content (AvgIpc) is 2.68. The van der Waals surface area contributed by atoms with Crippen molar-refractivity contribution < 1.29 is 23.0 Å². The van der Waals surface area contributed by atoms with Gasteiger partial charge in [-0.15, -0.1) is 0 Å². The van der Waals surface area contributed by atoms with E-state index in [1.165, 1.54) is 12.3 Å². The predicted octanol–water partition coefficient (Wildman–Crippen LogP) is 4.62. The number of fused-ring (bicyclic) bond motifs is 1. The van der Waals surface area contributed by atoms with E-state index in [0.717, 1.165) is 5.39 Å². The van der Waals surface area contributed by atoms with Crippen LogP contribution in [-0.4, -0.2) is 25.3 Å². The highest BCUT2D eigenvalue weighted by Gasteiger charge is 2.12. The third-order valence-corrected chi connectivity index (χ3v) is 3.97. The van der Waals surface area contributed by atoms with Gasteiger partial charge in [0.15, 0.2) is 6.61 Å². The number of ether oxygens (including phenoxy) is 2. The quantitative estimate of drug-likeness (QED) is 0.461. The Morgan fingerprint density at radius 1 is 1.11 bits per heavy atom. The standard InChI is InChI=1S/C20H15ClF2N2O3/c21-14-6-8-15(9-7-14)27-12-19(26)25-24-11-17-16-4-2-1-3-13(16)5-10-18(17)28-20(22)23/h1-11,20H,12H2,(H,25,26)/b24-11-. The van der Waals surface area contributed by atoms with Crippen molar-refractivity contribution in [3.05, 3.63) is 71.2 Å². The van der Waals surface area contributed by atoms with Crippen molar-refractivity contribution in [1.29, 1.82) is 0 Å². The lowest BCUT2D eigenvalue weighted by molar-refractivity contribution is -0.123. The summed E-state index contributed by atoms with van der Waals surface area (Å²) in [6, 6.07) is 16.8. The Bertz CT molecular complexity index is 994. The average molecular weight is 405 g/mol. The minimum absolute atomic E-state index is 0.0379. The third kappa shape index (κ3) is 5.17. The van der Waals surface area contributed by atoms with Gasteiger partial charge >= 0.3 is 6.61 Å². The zero-order chi connectivity index (χ0) is 19.9. The van der Waals surface area contributed by atoms with Gasteiger partial charge in [0.1, 0.15) is 11.5 Å². The van der Waals surface area contributed by atoms with E-state index < -0.39 is 12.5 Å². The highest BCUT2D eigenvalue weighted by molar-refractivity contribution is 6.30. The molecule has 1 amide bonds. The second-order valence-corrected chi connectivity index (χ2v) is 6.05. The Kier molecular flexibility index (Phi) is 6.39. The van der Waals surface area contributed by atoms with Crippen LogP contribution in [-0.2, 0) is 4.79 Å². The predicted molar refractivity (Wildman–Crippen MR) is 103 cm³/mol. The number of carbonyl (C=O) groups is 1. The van der Waals surface area contributed by atoms with Crippen LogP contribution in [0.3, 0.4) is 0 Å². The molecule has 0 saturated carbocycles. The first-order valence-corrected chi connectivity index (χ1v) is 8.57. The van der Waals surface area contributed by atoms with Gasteiger partial charge in [0.25, 0.3) is 5.91 Å². The second kappa shape index (κ2) is 9.14. The molecule has 0 atom stereocenters. The number of nitrogens with one attached hydrogen (secondary N) is 1. The topological polar surface area (TPSA) is 59.9 Å². The van der Waals surface area contributed by atoms with Crippen molar-refractivity contribution >= 4 is 34.5 Å². The van der Waals surface area contributed by atoms with Crippen molar-refractivity contribution in [2.45, 2.75) is 6.61 Å². The van der Waals surface area contributed by atoms with Crippen molar-refractivity contribution in [1.82, 2.24) is 5.43 Å². The number of alkyl halides is 2. The molecule has 0 aliphatic rings. The van der Waals surface area contributed by atoms with Gasteiger partial charge in [0, 0.05) is 10.6 Å². The summed E-state index contributed by atoms with van der Waals surface area (Å²) in [6.07, 6.45) is 1.26. The number of nitrogens with zero attached hydrogens (tertiary/aromatic N) is 1. The number of benzene rings is 3. The van der Waals surface area contributed by atoms with E-state index >= 15 is 0 Å². The molecule has 5 nitrogen and oxygen atoms in total. The van der Waals surface area contributed by atoms with Gasteiger partial charge in [-0.05, 0) is 41.1 Å². The molecule has 3 aromatic carbocycles. The lowest BCUT2D eigenvalue weighted by Crippen LogP contribution is -2.24. The SMILES string of the molecule is O=C(COc1ccc(Cl)cc1)N/N=C\c1c(OC(F)F)ccc2ccccc12. The fraction of sp³-hybridized carbons (Fsp3) is 0.100. The summed E-state index contributed by atoms with van der Waals surface area (Å²) in [7, 11) is 0. The molecule has 0 heterocycles. The zero-order valence-corrected chi connectivity index (χ0v) is 15.2. The van der Waals surface area contributed by atoms with Crippen molar-refractivity contribution in [2.24, 2.45) is 5.10 Å². The van der Waals surface area contributed by atoms with Gasteiger partial charge < -0.3 is 9.47 Å². The largest absolute Gasteiger partial charge is 0.484 e. The molecule has 0 unspecified atom stereocenters. The summed E-state index contributed by atoms with van der Waals surface area (Å²) >= 11 is 5.78. The molecule has 144 valence electrons. The Labute approximate surface area is 164 Å². The smallest absolute Gasteiger partial charge is 0.387 e. The number of halogens is 3. The molecule has 0 bridgehead atoms. The van der Waals surface area contributed by atoms with Crippen LogP contribution in [0, 0.1) is 0 Å². The van der Waals surface area contributed by atoms with Crippen LogP contribution in [0.4, 0.5) is 8.78 Å². The van der Waals surface area contributed by atoms with E-state index in [2.05, 4.69) is 15.3 Å². The molecule has 28 heavy (non-hydrogen) atoms. The number of hydrazone groups is 1. The minimum atomic E-state index is -2.98. The Morgan fingerprint density at radius 3 is 2.61 bits per heavy atom. The molecule has 3 rings (SSSR count). The van der Waals surface area contributed by atoms with E-state index in [4.69, 9.17) is 16.3 Å². The molecule has 0 aliphatic heterocycles. The van der Waals surface area contributed by atoms with Gasteiger partial charge in [-0.3, -0.25) is 4.79 Å². The van der Waals surface area contributed by atoms with E-state index in [0.29, 0.717) is 21.7 Å². The zero-order valence-electron chi connectivity index (χ0n) is 14.4. The maximum absolute atomic E-state index is 12.7. The van der Waals surface area contributed by atoms with Crippen LogP contribution in [0.15, 0.2) is 65.8 Å². The third-order valence-electron chi connectivity index (χ3n) is 3.71. The highest BCUT2D eigenvalue weighted by Crippen LogP contribution is 2.27. The minimum Gasteiger partial charge on any atom is -0.484 e. The van der Waals surface area contributed by atoms with Crippen LogP contribution in [0.25, 0.3) is 10.8 Å². The van der Waals surface area contributed by atoms with E-state index in [-0.39, 0.29) is 12.4 Å². The molecule has 1 N–H and O–H groups in total. The van der Waals surface area contributed by atoms with E-state index in [1.807, 2.05) is 12.1 Å². The highest BCUT2D eigenvalue weighted by atomic mass is 35.5. The van der Waals surface area contributed by atoms with Crippen molar-refractivity contribution in [2.75, 3.05) is 6.61 Å². The summed E-state index contributed by atoms with van der Waals surface area (Å²) in [4.78, 5) is 11.9.